The number of hydrogen-bond acceptors (Lipinski definition) is 5. The molecule has 3 rings (SSSR count). The second-order valence-electron chi connectivity index (χ2n) is 6.07. The Labute approximate surface area is 136 Å². The predicted molar refractivity (Wildman–Crippen MR) is 87.1 cm³/mol. The normalized spacial score (nSPS) is 19.8. The first-order chi connectivity index (χ1) is 10.9. The van der Waals surface area contributed by atoms with E-state index < -0.39 is 10.0 Å². The van der Waals surface area contributed by atoms with Gasteiger partial charge in [-0.15, -0.1) is 0 Å². The van der Waals surface area contributed by atoms with Gasteiger partial charge in [-0.05, 0) is 31.2 Å². The smallest absolute Gasteiger partial charge is 0.211 e. The summed E-state index contributed by atoms with van der Waals surface area (Å²) in [5.74, 6) is 0.301. The molecule has 8 heteroatoms. The molecule has 0 bridgehead atoms. The monoisotopic (exact) mass is 335 g/mol. The van der Waals surface area contributed by atoms with Crippen molar-refractivity contribution >= 4 is 10.0 Å². The molecule has 1 saturated heterocycles. The summed E-state index contributed by atoms with van der Waals surface area (Å²) in [5, 5.41) is 4.13. The van der Waals surface area contributed by atoms with Gasteiger partial charge in [-0.2, -0.15) is 5.10 Å². The molecule has 1 fully saturated rings. The van der Waals surface area contributed by atoms with Crippen molar-refractivity contribution in [1.82, 2.24) is 24.1 Å². The molecule has 0 unspecified atom stereocenters. The molecule has 1 atom stereocenters. The maximum Gasteiger partial charge on any atom is 0.211 e. The topological polar surface area (TPSA) is 81.0 Å². The van der Waals surface area contributed by atoms with Gasteiger partial charge >= 0.3 is 0 Å². The van der Waals surface area contributed by atoms with E-state index >= 15 is 0 Å². The Balaban J connectivity index is 1.68. The van der Waals surface area contributed by atoms with E-state index in [1.54, 1.807) is 27.6 Å². The highest BCUT2D eigenvalue weighted by atomic mass is 32.2. The van der Waals surface area contributed by atoms with E-state index in [1.807, 2.05) is 13.1 Å². The standard InChI is InChI=1S/C15H21N5O2S/c1-19-15(5-6-18-19)14-10-16-13(9-17-14)8-12-4-3-7-20(11-12)23(2,21)22/h5-6,9-10,12H,3-4,7-8,11H2,1-2H3/t12-/m1/s1. The number of hydrogen-bond donors (Lipinski definition) is 0. The van der Waals surface area contributed by atoms with Crippen molar-refractivity contribution in [2.24, 2.45) is 13.0 Å². The van der Waals surface area contributed by atoms with Gasteiger partial charge in [0.1, 0.15) is 5.69 Å². The first-order valence-electron chi connectivity index (χ1n) is 7.68. The molecule has 0 aliphatic carbocycles. The number of rotatable bonds is 4. The quantitative estimate of drug-likeness (QED) is 0.835. The average Bonchev–Trinajstić information content (AvgIpc) is 2.94. The van der Waals surface area contributed by atoms with Crippen molar-refractivity contribution in [3.8, 4) is 11.4 Å². The van der Waals surface area contributed by atoms with Gasteiger partial charge in [0.05, 0.1) is 23.8 Å². The number of sulfonamides is 1. The molecule has 124 valence electrons. The van der Waals surface area contributed by atoms with Crippen LogP contribution in [0.1, 0.15) is 18.5 Å². The van der Waals surface area contributed by atoms with Gasteiger partial charge in [0, 0.05) is 32.5 Å². The first kappa shape index (κ1) is 16.1. The lowest BCUT2D eigenvalue weighted by Gasteiger charge is -2.30. The molecule has 23 heavy (non-hydrogen) atoms. The second-order valence-corrected chi connectivity index (χ2v) is 8.05. The van der Waals surface area contributed by atoms with Crippen LogP contribution < -0.4 is 0 Å². The molecule has 0 amide bonds. The molecular formula is C15H21N5O2S. The van der Waals surface area contributed by atoms with Gasteiger partial charge in [-0.3, -0.25) is 14.6 Å². The van der Waals surface area contributed by atoms with Crippen LogP contribution in [0.25, 0.3) is 11.4 Å². The lowest BCUT2D eigenvalue weighted by Crippen LogP contribution is -2.39. The molecule has 0 aromatic carbocycles. The van der Waals surface area contributed by atoms with Crippen LogP contribution in [0.3, 0.4) is 0 Å². The molecule has 3 heterocycles. The van der Waals surface area contributed by atoms with Crippen LogP contribution in [0.15, 0.2) is 24.7 Å². The van der Waals surface area contributed by atoms with E-state index in [9.17, 15) is 8.42 Å². The maximum absolute atomic E-state index is 11.7. The Morgan fingerprint density at radius 2 is 2.13 bits per heavy atom. The lowest BCUT2D eigenvalue weighted by molar-refractivity contribution is 0.265. The van der Waals surface area contributed by atoms with Gasteiger partial charge in [0.25, 0.3) is 0 Å². The number of nitrogens with zero attached hydrogens (tertiary/aromatic N) is 5. The molecule has 2 aromatic rings. The summed E-state index contributed by atoms with van der Waals surface area (Å²) in [6.07, 6.45) is 9.22. The van der Waals surface area contributed by atoms with Crippen molar-refractivity contribution in [3.63, 3.8) is 0 Å². The van der Waals surface area contributed by atoms with E-state index in [1.165, 1.54) is 6.26 Å². The van der Waals surface area contributed by atoms with Gasteiger partial charge in [-0.25, -0.2) is 12.7 Å². The van der Waals surface area contributed by atoms with Gasteiger partial charge in [-0.1, -0.05) is 0 Å². The third-order valence-corrected chi connectivity index (χ3v) is 5.51. The Kier molecular flexibility index (Phi) is 4.45. The molecule has 0 saturated carbocycles. The maximum atomic E-state index is 11.7. The van der Waals surface area contributed by atoms with Crippen molar-refractivity contribution < 1.29 is 8.42 Å². The van der Waals surface area contributed by atoms with E-state index in [0.29, 0.717) is 19.0 Å². The molecule has 0 radical (unpaired) electrons. The SMILES string of the molecule is Cn1nccc1-c1cnc(C[C@H]2CCCN(S(C)(=O)=O)C2)cn1. The Morgan fingerprint density at radius 1 is 1.30 bits per heavy atom. The minimum absolute atomic E-state index is 0.301. The zero-order chi connectivity index (χ0) is 16.4. The van der Waals surface area contributed by atoms with Crippen LogP contribution in [-0.4, -0.2) is 51.8 Å². The molecule has 7 nitrogen and oxygen atoms in total. The number of aryl methyl sites for hydroxylation is 1. The molecule has 1 aliphatic rings. The summed E-state index contributed by atoms with van der Waals surface area (Å²) in [6.45, 7) is 1.20. The fourth-order valence-electron chi connectivity index (χ4n) is 3.01. The highest BCUT2D eigenvalue weighted by molar-refractivity contribution is 7.88. The highest BCUT2D eigenvalue weighted by Crippen LogP contribution is 2.22. The summed E-state index contributed by atoms with van der Waals surface area (Å²) >= 11 is 0. The van der Waals surface area contributed by atoms with Crippen molar-refractivity contribution in [2.75, 3.05) is 19.3 Å². The largest absolute Gasteiger partial charge is 0.266 e. The minimum atomic E-state index is -3.10. The van der Waals surface area contributed by atoms with E-state index in [0.717, 1.165) is 36.3 Å². The van der Waals surface area contributed by atoms with Crippen LogP contribution in [0.4, 0.5) is 0 Å². The zero-order valence-corrected chi connectivity index (χ0v) is 14.2. The Bertz CT molecular complexity index is 769. The Hall–Kier alpha value is -1.80. The fraction of sp³-hybridized carbons (Fsp3) is 0.533. The van der Waals surface area contributed by atoms with Crippen molar-refractivity contribution in [3.05, 3.63) is 30.4 Å². The molecule has 0 N–H and O–H groups in total. The van der Waals surface area contributed by atoms with E-state index in [-0.39, 0.29) is 0 Å². The van der Waals surface area contributed by atoms with Crippen molar-refractivity contribution in [2.45, 2.75) is 19.3 Å². The summed E-state index contributed by atoms with van der Waals surface area (Å²) in [5.41, 5.74) is 2.61. The summed E-state index contributed by atoms with van der Waals surface area (Å²) in [6, 6.07) is 1.90. The van der Waals surface area contributed by atoms with Crippen LogP contribution >= 0.6 is 0 Å². The lowest BCUT2D eigenvalue weighted by atomic mass is 9.95. The third kappa shape index (κ3) is 3.76. The molecule has 2 aromatic heterocycles. The first-order valence-corrected chi connectivity index (χ1v) is 9.53. The van der Waals surface area contributed by atoms with Crippen LogP contribution in [-0.2, 0) is 23.5 Å². The van der Waals surface area contributed by atoms with Gasteiger partial charge in [0.15, 0.2) is 0 Å². The summed E-state index contributed by atoms with van der Waals surface area (Å²) < 4.78 is 26.7. The summed E-state index contributed by atoms with van der Waals surface area (Å²) in [7, 11) is -1.24. The Morgan fingerprint density at radius 3 is 2.74 bits per heavy atom. The predicted octanol–water partition coefficient (Wildman–Crippen LogP) is 1.09. The van der Waals surface area contributed by atoms with Gasteiger partial charge in [0.2, 0.25) is 10.0 Å². The zero-order valence-electron chi connectivity index (χ0n) is 13.4. The number of aromatic nitrogens is 4. The highest BCUT2D eigenvalue weighted by Gasteiger charge is 2.26. The van der Waals surface area contributed by atoms with E-state index in [2.05, 4.69) is 15.1 Å². The average molecular weight is 335 g/mol. The number of piperidine rings is 1. The minimum Gasteiger partial charge on any atom is -0.266 e. The van der Waals surface area contributed by atoms with Gasteiger partial charge < -0.3 is 0 Å². The van der Waals surface area contributed by atoms with Crippen molar-refractivity contribution in [1.29, 1.82) is 0 Å². The van der Waals surface area contributed by atoms with E-state index in [4.69, 9.17) is 0 Å². The second kappa shape index (κ2) is 6.37. The van der Waals surface area contributed by atoms with Crippen LogP contribution in [0.5, 0.6) is 0 Å². The van der Waals surface area contributed by atoms with Crippen LogP contribution in [0, 0.1) is 5.92 Å². The fourth-order valence-corrected chi connectivity index (χ4v) is 3.95. The van der Waals surface area contributed by atoms with Crippen LogP contribution in [0.2, 0.25) is 0 Å². The summed E-state index contributed by atoms with van der Waals surface area (Å²) in [4.78, 5) is 8.95. The third-order valence-electron chi connectivity index (χ3n) is 4.24. The molecular weight excluding hydrogens is 314 g/mol. The molecule has 1 aliphatic heterocycles. The molecule has 0 spiro atoms.